The Morgan fingerprint density at radius 3 is 2.73 bits per heavy atom. The zero-order valence-electron chi connectivity index (χ0n) is 9.45. The molecule has 0 unspecified atom stereocenters. The van der Waals surface area contributed by atoms with Crippen molar-refractivity contribution in [3.8, 4) is 0 Å². The standard InChI is InChI=1S/C11H18N2O2/c1-11(2,15)8-13(3)7-10(14)9-5-4-6-12-9/h4-6,12,15H,7-8H2,1-3H3. The number of likely N-dealkylation sites (N-methyl/N-ethyl adjacent to an activating group) is 1. The number of H-pyrrole nitrogens is 1. The zero-order chi connectivity index (χ0) is 11.5. The molecular weight excluding hydrogens is 192 g/mol. The maximum atomic E-state index is 11.6. The number of nitrogens with one attached hydrogen (secondary N) is 1. The molecule has 4 nitrogen and oxygen atoms in total. The lowest BCUT2D eigenvalue weighted by molar-refractivity contribution is 0.0438. The SMILES string of the molecule is CN(CC(=O)c1ccc[nH]1)CC(C)(C)O. The molecule has 0 radical (unpaired) electrons. The summed E-state index contributed by atoms with van der Waals surface area (Å²) in [6, 6.07) is 3.55. The Hall–Kier alpha value is -1.13. The number of rotatable bonds is 5. The van der Waals surface area contributed by atoms with Gasteiger partial charge < -0.3 is 10.1 Å². The van der Waals surface area contributed by atoms with Crippen LogP contribution in [0.25, 0.3) is 0 Å². The molecule has 4 heteroatoms. The molecule has 1 aromatic heterocycles. The molecule has 0 bridgehead atoms. The Kier molecular flexibility index (Phi) is 3.66. The predicted octanol–water partition coefficient (Wildman–Crippen LogP) is 0.900. The van der Waals surface area contributed by atoms with Crippen molar-refractivity contribution in [1.82, 2.24) is 9.88 Å². The Bertz CT molecular complexity index is 312. The predicted molar refractivity (Wildman–Crippen MR) is 58.9 cm³/mol. The smallest absolute Gasteiger partial charge is 0.192 e. The van der Waals surface area contributed by atoms with Crippen molar-refractivity contribution in [1.29, 1.82) is 0 Å². The maximum absolute atomic E-state index is 11.6. The largest absolute Gasteiger partial charge is 0.389 e. The van der Waals surface area contributed by atoms with Gasteiger partial charge in [0, 0.05) is 12.7 Å². The van der Waals surface area contributed by atoms with Crippen LogP contribution < -0.4 is 0 Å². The molecular formula is C11H18N2O2. The van der Waals surface area contributed by atoms with E-state index in [1.54, 1.807) is 32.2 Å². The third-order valence-corrected chi connectivity index (χ3v) is 1.97. The van der Waals surface area contributed by atoms with E-state index >= 15 is 0 Å². The van der Waals surface area contributed by atoms with Gasteiger partial charge in [-0.15, -0.1) is 0 Å². The lowest BCUT2D eigenvalue weighted by Gasteiger charge is -2.24. The number of carbonyl (C=O) groups is 1. The molecule has 0 spiro atoms. The molecule has 0 atom stereocenters. The molecule has 0 aliphatic carbocycles. The molecule has 84 valence electrons. The van der Waals surface area contributed by atoms with E-state index in [-0.39, 0.29) is 5.78 Å². The van der Waals surface area contributed by atoms with Crippen LogP contribution in [0.3, 0.4) is 0 Å². The van der Waals surface area contributed by atoms with E-state index < -0.39 is 5.60 Å². The summed E-state index contributed by atoms with van der Waals surface area (Å²) in [5.74, 6) is 0.0340. The van der Waals surface area contributed by atoms with Crippen LogP contribution in [0.5, 0.6) is 0 Å². The van der Waals surface area contributed by atoms with Crippen LogP contribution in [-0.2, 0) is 0 Å². The van der Waals surface area contributed by atoms with E-state index in [4.69, 9.17) is 0 Å². The number of aromatic amines is 1. The first-order valence-corrected chi connectivity index (χ1v) is 4.96. The second-order valence-electron chi connectivity index (χ2n) is 4.49. The monoisotopic (exact) mass is 210 g/mol. The molecule has 0 saturated heterocycles. The van der Waals surface area contributed by atoms with Gasteiger partial charge in [-0.05, 0) is 33.0 Å². The van der Waals surface area contributed by atoms with Crippen LogP contribution in [0.2, 0.25) is 0 Å². The van der Waals surface area contributed by atoms with Gasteiger partial charge in [-0.3, -0.25) is 9.69 Å². The van der Waals surface area contributed by atoms with Crippen LogP contribution in [0.4, 0.5) is 0 Å². The van der Waals surface area contributed by atoms with Gasteiger partial charge in [0.15, 0.2) is 5.78 Å². The van der Waals surface area contributed by atoms with E-state index in [0.29, 0.717) is 18.8 Å². The summed E-state index contributed by atoms with van der Waals surface area (Å²) in [6.07, 6.45) is 1.73. The number of hydrogen-bond donors (Lipinski definition) is 2. The third-order valence-electron chi connectivity index (χ3n) is 1.97. The van der Waals surface area contributed by atoms with Gasteiger partial charge in [0.05, 0.1) is 17.8 Å². The molecule has 0 fully saturated rings. The van der Waals surface area contributed by atoms with Crippen LogP contribution in [0, 0.1) is 0 Å². The fourth-order valence-corrected chi connectivity index (χ4v) is 1.55. The average Bonchev–Trinajstić information content (AvgIpc) is 2.50. The normalized spacial score (nSPS) is 12.1. The summed E-state index contributed by atoms with van der Waals surface area (Å²) in [5.41, 5.74) is -0.164. The minimum atomic E-state index is -0.773. The van der Waals surface area contributed by atoms with E-state index in [1.165, 1.54) is 0 Å². The van der Waals surface area contributed by atoms with E-state index in [2.05, 4.69) is 4.98 Å². The number of ketones is 1. The van der Waals surface area contributed by atoms with Gasteiger partial charge in [0.25, 0.3) is 0 Å². The van der Waals surface area contributed by atoms with Crippen LogP contribution in [-0.4, -0.2) is 46.5 Å². The van der Waals surface area contributed by atoms with Gasteiger partial charge >= 0.3 is 0 Å². The molecule has 1 rings (SSSR count). The molecule has 2 N–H and O–H groups in total. The van der Waals surface area contributed by atoms with Gasteiger partial charge in [0.2, 0.25) is 0 Å². The Labute approximate surface area is 89.9 Å². The third kappa shape index (κ3) is 4.27. The fourth-order valence-electron chi connectivity index (χ4n) is 1.55. The van der Waals surface area contributed by atoms with Crippen molar-refractivity contribution in [3.05, 3.63) is 24.0 Å². The Balaban J connectivity index is 2.45. The van der Waals surface area contributed by atoms with Crippen LogP contribution >= 0.6 is 0 Å². The summed E-state index contributed by atoms with van der Waals surface area (Å²) in [6.45, 7) is 4.23. The fraction of sp³-hybridized carbons (Fsp3) is 0.545. The summed E-state index contributed by atoms with van der Waals surface area (Å²) < 4.78 is 0. The molecule has 1 aromatic rings. The first-order chi connectivity index (χ1) is 6.88. The molecule has 1 heterocycles. The molecule has 0 aliphatic heterocycles. The zero-order valence-corrected chi connectivity index (χ0v) is 9.45. The number of aliphatic hydroxyl groups is 1. The highest BCUT2D eigenvalue weighted by atomic mass is 16.3. The van der Waals surface area contributed by atoms with Crippen LogP contribution in [0.1, 0.15) is 24.3 Å². The number of nitrogens with zero attached hydrogens (tertiary/aromatic N) is 1. The van der Waals surface area contributed by atoms with Crippen molar-refractivity contribution in [2.75, 3.05) is 20.1 Å². The number of carbonyl (C=O) groups excluding carboxylic acids is 1. The van der Waals surface area contributed by atoms with Crippen LogP contribution in [0.15, 0.2) is 18.3 Å². The van der Waals surface area contributed by atoms with E-state index in [9.17, 15) is 9.90 Å². The van der Waals surface area contributed by atoms with Crippen molar-refractivity contribution in [2.45, 2.75) is 19.4 Å². The maximum Gasteiger partial charge on any atom is 0.192 e. The lowest BCUT2D eigenvalue weighted by atomic mass is 10.1. The van der Waals surface area contributed by atoms with E-state index in [1.807, 2.05) is 11.9 Å². The topological polar surface area (TPSA) is 56.3 Å². The lowest BCUT2D eigenvalue weighted by Crippen LogP contribution is -2.38. The molecule has 0 aliphatic rings. The molecule has 0 amide bonds. The van der Waals surface area contributed by atoms with Gasteiger partial charge in [0.1, 0.15) is 0 Å². The Morgan fingerprint density at radius 1 is 1.60 bits per heavy atom. The van der Waals surface area contributed by atoms with E-state index in [0.717, 1.165) is 0 Å². The Morgan fingerprint density at radius 2 is 2.27 bits per heavy atom. The summed E-state index contributed by atoms with van der Waals surface area (Å²) in [7, 11) is 1.82. The molecule has 15 heavy (non-hydrogen) atoms. The van der Waals surface area contributed by atoms with Crippen molar-refractivity contribution in [2.24, 2.45) is 0 Å². The van der Waals surface area contributed by atoms with Gasteiger partial charge in [-0.1, -0.05) is 0 Å². The summed E-state index contributed by atoms with van der Waals surface area (Å²) in [5, 5.41) is 9.57. The highest BCUT2D eigenvalue weighted by molar-refractivity contribution is 5.95. The molecule has 0 aromatic carbocycles. The molecule has 0 saturated carbocycles. The summed E-state index contributed by atoms with van der Waals surface area (Å²) in [4.78, 5) is 16.3. The van der Waals surface area contributed by atoms with Gasteiger partial charge in [-0.25, -0.2) is 0 Å². The summed E-state index contributed by atoms with van der Waals surface area (Å²) >= 11 is 0. The van der Waals surface area contributed by atoms with Crippen molar-refractivity contribution < 1.29 is 9.90 Å². The first-order valence-electron chi connectivity index (χ1n) is 4.96. The van der Waals surface area contributed by atoms with Crippen molar-refractivity contribution in [3.63, 3.8) is 0 Å². The number of Topliss-reactive ketones (excluding diaryl/α,β-unsaturated/α-hetero) is 1. The van der Waals surface area contributed by atoms with Gasteiger partial charge in [-0.2, -0.15) is 0 Å². The second-order valence-corrected chi connectivity index (χ2v) is 4.49. The highest BCUT2D eigenvalue weighted by Gasteiger charge is 2.18. The second kappa shape index (κ2) is 4.59. The number of hydrogen-bond acceptors (Lipinski definition) is 3. The quantitative estimate of drug-likeness (QED) is 0.710. The number of aromatic nitrogens is 1. The first kappa shape index (κ1) is 11.9. The minimum Gasteiger partial charge on any atom is -0.389 e. The highest BCUT2D eigenvalue weighted by Crippen LogP contribution is 2.04. The minimum absolute atomic E-state index is 0.0340. The van der Waals surface area contributed by atoms with Crippen molar-refractivity contribution >= 4 is 5.78 Å². The average molecular weight is 210 g/mol.